The second-order valence-electron chi connectivity index (χ2n) is 4.98. The van der Waals surface area contributed by atoms with Crippen molar-refractivity contribution in [1.82, 2.24) is 19.5 Å². The Morgan fingerprint density at radius 3 is 2.55 bits per heavy atom. The SMILES string of the molecule is Cc1nc2cc3nc([C]4[CH][CH][CH][CH]4)cnc3cc2n1C. The van der Waals surface area contributed by atoms with Crippen molar-refractivity contribution in [3.8, 4) is 0 Å². The van der Waals surface area contributed by atoms with E-state index in [1.54, 1.807) is 0 Å². The molecule has 0 saturated heterocycles. The van der Waals surface area contributed by atoms with Gasteiger partial charge < -0.3 is 4.57 Å². The molecule has 1 aromatic carbocycles. The van der Waals surface area contributed by atoms with Crippen LogP contribution >= 0.6 is 0 Å². The number of imidazole rings is 1. The molecule has 2 heterocycles. The molecule has 4 heteroatoms. The molecule has 1 aliphatic carbocycles. The van der Waals surface area contributed by atoms with Crippen molar-refractivity contribution >= 4 is 22.1 Å². The third-order valence-electron chi connectivity index (χ3n) is 3.73. The van der Waals surface area contributed by atoms with Gasteiger partial charge in [-0.3, -0.25) is 4.98 Å². The van der Waals surface area contributed by atoms with Gasteiger partial charge in [0.1, 0.15) is 5.82 Å². The lowest BCUT2D eigenvalue weighted by atomic mass is 10.0. The van der Waals surface area contributed by atoms with Gasteiger partial charge in [-0.15, -0.1) is 0 Å². The van der Waals surface area contributed by atoms with Gasteiger partial charge in [0.15, 0.2) is 0 Å². The minimum Gasteiger partial charge on any atom is -0.331 e. The third-order valence-corrected chi connectivity index (χ3v) is 3.73. The summed E-state index contributed by atoms with van der Waals surface area (Å²) in [5.41, 5.74) is 4.73. The molecule has 0 N–H and O–H groups in total. The minimum atomic E-state index is 0.884. The monoisotopic (exact) mass is 261 g/mol. The topological polar surface area (TPSA) is 43.6 Å². The van der Waals surface area contributed by atoms with Crippen LogP contribution in [0.25, 0.3) is 22.1 Å². The van der Waals surface area contributed by atoms with E-state index in [9.17, 15) is 0 Å². The second kappa shape index (κ2) is 4.27. The molecule has 4 rings (SSSR count). The van der Waals surface area contributed by atoms with E-state index >= 15 is 0 Å². The molecular formula is C16H13N4. The van der Waals surface area contributed by atoms with Crippen molar-refractivity contribution in [3.63, 3.8) is 0 Å². The molecule has 1 fully saturated rings. The maximum atomic E-state index is 4.69. The zero-order valence-electron chi connectivity index (χ0n) is 11.3. The summed E-state index contributed by atoms with van der Waals surface area (Å²) in [6.07, 6.45) is 9.92. The number of hydrogen-bond acceptors (Lipinski definition) is 3. The molecule has 0 unspecified atom stereocenters. The fourth-order valence-corrected chi connectivity index (χ4v) is 2.50. The molecule has 0 amide bonds. The predicted octanol–water partition coefficient (Wildman–Crippen LogP) is 2.58. The van der Waals surface area contributed by atoms with E-state index in [2.05, 4.69) is 14.5 Å². The van der Waals surface area contributed by atoms with Crippen LogP contribution in [0, 0.1) is 38.5 Å². The molecule has 20 heavy (non-hydrogen) atoms. The normalized spacial score (nSPS) is 16.5. The Labute approximate surface area is 117 Å². The smallest absolute Gasteiger partial charge is 0.106 e. The van der Waals surface area contributed by atoms with Gasteiger partial charge in [0.25, 0.3) is 0 Å². The number of hydrogen-bond donors (Lipinski definition) is 0. The van der Waals surface area contributed by atoms with E-state index in [-0.39, 0.29) is 0 Å². The van der Waals surface area contributed by atoms with Crippen LogP contribution in [0.5, 0.6) is 0 Å². The van der Waals surface area contributed by atoms with Gasteiger partial charge in [0, 0.05) is 19.2 Å². The van der Waals surface area contributed by atoms with Gasteiger partial charge in [-0.05, 0) is 44.7 Å². The summed E-state index contributed by atoms with van der Waals surface area (Å²) >= 11 is 0. The summed E-state index contributed by atoms with van der Waals surface area (Å²) in [7, 11) is 2.02. The van der Waals surface area contributed by atoms with E-state index in [0.29, 0.717) is 0 Å². The maximum Gasteiger partial charge on any atom is 0.106 e. The van der Waals surface area contributed by atoms with Crippen molar-refractivity contribution in [2.75, 3.05) is 0 Å². The van der Waals surface area contributed by atoms with Crippen molar-refractivity contribution < 1.29 is 0 Å². The number of nitrogens with zero attached hydrogens (tertiary/aromatic N) is 4. The van der Waals surface area contributed by atoms with Gasteiger partial charge in [-0.25, -0.2) is 9.97 Å². The molecule has 1 saturated carbocycles. The number of fused-ring (bicyclic) bond motifs is 2. The molecule has 0 bridgehead atoms. The summed E-state index contributed by atoms with van der Waals surface area (Å²) < 4.78 is 2.07. The second-order valence-corrected chi connectivity index (χ2v) is 4.98. The van der Waals surface area contributed by atoms with E-state index in [1.165, 1.54) is 0 Å². The van der Waals surface area contributed by atoms with Crippen molar-refractivity contribution in [2.24, 2.45) is 7.05 Å². The quantitative estimate of drug-likeness (QED) is 0.676. The lowest BCUT2D eigenvalue weighted by Gasteiger charge is -2.07. The van der Waals surface area contributed by atoms with Crippen molar-refractivity contribution in [1.29, 1.82) is 0 Å². The van der Waals surface area contributed by atoms with Crippen LogP contribution in [0.2, 0.25) is 0 Å². The number of benzene rings is 1. The van der Waals surface area contributed by atoms with E-state index in [1.807, 2.05) is 58.0 Å². The molecule has 2 aromatic heterocycles. The number of aromatic nitrogens is 4. The Morgan fingerprint density at radius 2 is 1.75 bits per heavy atom. The van der Waals surface area contributed by atoms with Crippen LogP contribution < -0.4 is 0 Å². The van der Waals surface area contributed by atoms with Crippen LogP contribution in [-0.4, -0.2) is 19.5 Å². The molecule has 5 radical (unpaired) electrons. The highest BCUT2D eigenvalue weighted by Gasteiger charge is 2.21. The summed E-state index contributed by atoms with van der Waals surface area (Å²) in [6.45, 7) is 2.00. The zero-order valence-corrected chi connectivity index (χ0v) is 11.3. The van der Waals surface area contributed by atoms with Crippen molar-refractivity contribution in [2.45, 2.75) is 6.92 Å². The Morgan fingerprint density at radius 1 is 0.950 bits per heavy atom. The van der Waals surface area contributed by atoms with Crippen LogP contribution in [0.4, 0.5) is 0 Å². The summed E-state index contributed by atoms with van der Waals surface area (Å²) in [5.74, 6) is 2.09. The van der Waals surface area contributed by atoms with Gasteiger partial charge in [-0.2, -0.15) is 0 Å². The highest BCUT2D eigenvalue weighted by atomic mass is 15.1. The summed E-state index contributed by atoms with van der Waals surface area (Å²) in [5, 5.41) is 0. The summed E-state index contributed by atoms with van der Waals surface area (Å²) in [6, 6.07) is 4.06. The van der Waals surface area contributed by atoms with Crippen LogP contribution in [0.15, 0.2) is 18.3 Å². The molecule has 1 aliphatic rings. The Hall–Kier alpha value is -1.97. The minimum absolute atomic E-state index is 0.884. The highest BCUT2D eigenvalue weighted by Crippen LogP contribution is 2.29. The fraction of sp³-hybridized carbons (Fsp3) is 0.125. The molecule has 0 aliphatic heterocycles. The van der Waals surface area contributed by atoms with Crippen LogP contribution in [0.3, 0.4) is 0 Å². The lowest BCUT2D eigenvalue weighted by Crippen LogP contribution is -2.00. The van der Waals surface area contributed by atoms with E-state index in [0.717, 1.165) is 39.5 Å². The van der Waals surface area contributed by atoms with Gasteiger partial charge in [0.2, 0.25) is 0 Å². The van der Waals surface area contributed by atoms with Gasteiger partial charge >= 0.3 is 0 Å². The van der Waals surface area contributed by atoms with Crippen molar-refractivity contribution in [3.05, 3.63) is 61.4 Å². The first kappa shape index (κ1) is 11.8. The summed E-state index contributed by atoms with van der Waals surface area (Å²) in [4.78, 5) is 13.8. The molecule has 0 atom stereocenters. The number of aryl methyl sites for hydroxylation is 2. The number of rotatable bonds is 1. The Bertz CT molecular complexity index is 797. The lowest BCUT2D eigenvalue weighted by molar-refractivity contribution is 0.886. The molecule has 0 spiro atoms. The molecule has 97 valence electrons. The fourth-order valence-electron chi connectivity index (χ4n) is 2.50. The molecular weight excluding hydrogens is 248 g/mol. The Balaban J connectivity index is 1.91. The average Bonchev–Trinajstić information content (AvgIpc) is 3.07. The average molecular weight is 261 g/mol. The third kappa shape index (κ3) is 1.71. The predicted molar refractivity (Wildman–Crippen MR) is 78.1 cm³/mol. The Kier molecular flexibility index (Phi) is 2.52. The highest BCUT2D eigenvalue weighted by molar-refractivity contribution is 5.91. The van der Waals surface area contributed by atoms with E-state index in [4.69, 9.17) is 4.98 Å². The molecule has 4 nitrogen and oxygen atoms in total. The first-order valence-corrected chi connectivity index (χ1v) is 6.54. The first-order valence-electron chi connectivity index (χ1n) is 6.54. The first-order chi connectivity index (χ1) is 9.72. The maximum absolute atomic E-state index is 4.69. The zero-order chi connectivity index (χ0) is 13.7. The van der Waals surface area contributed by atoms with Crippen LogP contribution in [0.1, 0.15) is 11.5 Å². The van der Waals surface area contributed by atoms with Crippen LogP contribution in [-0.2, 0) is 7.05 Å². The molecule has 3 aromatic rings. The standard InChI is InChI=1S/C16H13N4/c1-10-18-14-7-13-12(8-16(14)20(10)2)17-9-15(19-13)11-5-3-4-6-11/h3-9H,1-2H3. The van der Waals surface area contributed by atoms with Gasteiger partial charge in [-0.1, -0.05) is 0 Å². The largest absolute Gasteiger partial charge is 0.331 e. The van der Waals surface area contributed by atoms with E-state index < -0.39 is 0 Å². The van der Waals surface area contributed by atoms with Gasteiger partial charge in [0.05, 0.1) is 27.8 Å².